The van der Waals surface area contributed by atoms with Crippen molar-refractivity contribution in [2.24, 2.45) is 0 Å². The van der Waals surface area contributed by atoms with Crippen LogP contribution in [-0.2, 0) is 12.8 Å². The Morgan fingerprint density at radius 2 is 1.88 bits per heavy atom. The van der Waals surface area contributed by atoms with E-state index in [0.717, 1.165) is 24.8 Å². The van der Waals surface area contributed by atoms with Crippen molar-refractivity contribution in [2.45, 2.75) is 81.6 Å². The summed E-state index contributed by atoms with van der Waals surface area (Å²) in [7, 11) is 0. The molecule has 0 aliphatic heterocycles. The van der Waals surface area contributed by atoms with Crippen LogP contribution in [0.4, 0.5) is 0 Å². The molecule has 1 atom stereocenters. The van der Waals surface area contributed by atoms with Gasteiger partial charge in [0.15, 0.2) is 0 Å². The second kappa shape index (κ2) is 7.57. The van der Waals surface area contributed by atoms with E-state index in [2.05, 4.69) is 35.8 Å². The summed E-state index contributed by atoms with van der Waals surface area (Å²) in [5, 5.41) is 2.09. The van der Waals surface area contributed by atoms with Gasteiger partial charge in [0.1, 0.15) is 0 Å². The molecule has 0 saturated heterocycles. The highest BCUT2D eigenvalue weighted by atomic mass is 32.2. The highest BCUT2D eigenvalue weighted by molar-refractivity contribution is 8.01. The third-order valence-electron chi connectivity index (χ3n) is 5.95. The van der Waals surface area contributed by atoms with Gasteiger partial charge in [0.2, 0.25) is 5.91 Å². The van der Waals surface area contributed by atoms with E-state index in [9.17, 15) is 4.79 Å². The first-order valence-electron chi connectivity index (χ1n) is 10.1. The molecule has 1 aromatic heterocycles. The zero-order valence-electron chi connectivity index (χ0n) is 15.3. The molecule has 4 rings (SSSR count). The van der Waals surface area contributed by atoms with Crippen molar-refractivity contribution in [3.63, 3.8) is 0 Å². The van der Waals surface area contributed by atoms with Gasteiger partial charge in [-0.05, 0) is 56.6 Å². The lowest BCUT2D eigenvalue weighted by Gasteiger charge is -2.26. The number of hydrogen-bond acceptors (Lipinski definition) is 2. The lowest BCUT2D eigenvalue weighted by atomic mass is 9.95. The fourth-order valence-electron chi connectivity index (χ4n) is 4.65. The molecule has 1 aromatic carbocycles. The van der Waals surface area contributed by atoms with Crippen LogP contribution in [0.2, 0.25) is 0 Å². The number of rotatable bonds is 4. The Kier molecular flexibility index (Phi) is 5.21. The van der Waals surface area contributed by atoms with E-state index >= 15 is 0 Å². The molecule has 0 bridgehead atoms. The molecule has 2 nitrogen and oxygen atoms in total. The maximum atomic E-state index is 13.5. The largest absolute Gasteiger partial charge is 0.283 e. The van der Waals surface area contributed by atoms with E-state index in [0.29, 0.717) is 11.2 Å². The summed E-state index contributed by atoms with van der Waals surface area (Å²) in [6.45, 7) is 2.18. The second-order valence-electron chi connectivity index (χ2n) is 7.62. The first kappa shape index (κ1) is 17.2. The van der Waals surface area contributed by atoms with Gasteiger partial charge in [-0.25, -0.2) is 0 Å². The molecule has 25 heavy (non-hydrogen) atoms. The molecule has 3 heteroatoms. The maximum absolute atomic E-state index is 13.5. The Bertz CT molecular complexity index is 757. The minimum atomic E-state index is 0.102. The van der Waals surface area contributed by atoms with Crippen LogP contribution >= 0.6 is 11.8 Å². The molecule has 134 valence electrons. The van der Waals surface area contributed by atoms with Crippen LogP contribution in [-0.4, -0.2) is 21.0 Å². The standard InChI is InChI=1S/C22H29NOS/c1-2-21(25-16-10-4-3-5-11-16)22(24)23-19-14-8-6-12-17(19)18-13-7-9-15-20(18)23/h6,8,12,14,16,21H,2-5,7,9-11,13,15H2,1H3. The molecule has 2 aliphatic carbocycles. The van der Waals surface area contributed by atoms with Crippen LogP contribution in [0.25, 0.3) is 10.9 Å². The average molecular weight is 356 g/mol. The number of nitrogens with zero attached hydrogens (tertiary/aromatic N) is 1. The van der Waals surface area contributed by atoms with Crippen LogP contribution in [0.15, 0.2) is 24.3 Å². The van der Waals surface area contributed by atoms with Gasteiger partial charge >= 0.3 is 0 Å². The minimum Gasteiger partial charge on any atom is -0.283 e. The molecule has 2 aliphatic rings. The SMILES string of the molecule is CCC(SC1CCCCC1)C(=O)n1c2c(c3ccccc31)CCCC2. The van der Waals surface area contributed by atoms with Crippen molar-refractivity contribution in [2.75, 3.05) is 0 Å². The normalized spacial score (nSPS) is 19.7. The monoisotopic (exact) mass is 355 g/mol. The molecule has 2 aromatic rings. The number of para-hydroxylation sites is 1. The highest BCUT2D eigenvalue weighted by Gasteiger charge is 2.29. The number of carbonyl (C=O) groups excluding carboxylic acids is 1. The first-order valence-corrected chi connectivity index (χ1v) is 11.0. The van der Waals surface area contributed by atoms with Crippen molar-refractivity contribution in [1.82, 2.24) is 4.57 Å². The topological polar surface area (TPSA) is 22.0 Å². The molecule has 0 spiro atoms. The predicted molar refractivity (Wildman–Crippen MR) is 108 cm³/mol. The van der Waals surface area contributed by atoms with Crippen molar-refractivity contribution in [3.8, 4) is 0 Å². The minimum absolute atomic E-state index is 0.102. The zero-order valence-corrected chi connectivity index (χ0v) is 16.1. The molecule has 0 radical (unpaired) electrons. The number of aryl methyl sites for hydroxylation is 1. The average Bonchev–Trinajstić information content (AvgIpc) is 3.01. The van der Waals surface area contributed by atoms with Crippen molar-refractivity contribution < 1.29 is 4.79 Å². The first-order chi connectivity index (χ1) is 12.3. The van der Waals surface area contributed by atoms with Crippen LogP contribution in [0.5, 0.6) is 0 Å². The Labute approximate surface area is 155 Å². The maximum Gasteiger partial charge on any atom is 0.244 e. The Morgan fingerprint density at radius 3 is 2.68 bits per heavy atom. The summed E-state index contributed by atoms with van der Waals surface area (Å²) in [6.07, 6.45) is 12.2. The Balaban J connectivity index is 1.68. The van der Waals surface area contributed by atoms with E-state index in [1.165, 1.54) is 61.6 Å². The molecule has 0 amide bonds. The molecule has 1 unspecified atom stereocenters. The van der Waals surface area contributed by atoms with E-state index in [4.69, 9.17) is 0 Å². The molecule has 0 N–H and O–H groups in total. The van der Waals surface area contributed by atoms with Gasteiger partial charge in [0, 0.05) is 16.3 Å². The van der Waals surface area contributed by atoms with Gasteiger partial charge in [0.25, 0.3) is 0 Å². The second-order valence-corrected chi connectivity index (χ2v) is 9.12. The quantitative estimate of drug-likeness (QED) is 0.670. The number of thioether (sulfide) groups is 1. The van der Waals surface area contributed by atoms with E-state index in [-0.39, 0.29) is 5.25 Å². The van der Waals surface area contributed by atoms with E-state index < -0.39 is 0 Å². The lowest BCUT2D eigenvalue weighted by molar-refractivity contribution is 0.0910. The summed E-state index contributed by atoms with van der Waals surface area (Å²) in [6, 6.07) is 8.54. The molecule has 1 saturated carbocycles. The fourth-order valence-corrected chi connectivity index (χ4v) is 6.14. The zero-order chi connectivity index (χ0) is 17.2. The number of benzene rings is 1. The molecule has 1 heterocycles. The predicted octanol–water partition coefficient (Wildman–Crippen LogP) is 6.00. The van der Waals surface area contributed by atoms with Gasteiger partial charge < -0.3 is 0 Å². The van der Waals surface area contributed by atoms with Crippen LogP contribution in [0.1, 0.15) is 74.3 Å². The van der Waals surface area contributed by atoms with Crippen molar-refractivity contribution >= 4 is 28.6 Å². The number of aromatic nitrogens is 1. The number of hydrogen-bond donors (Lipinski definition) is 0. The third kappa shape index (κ3) is 3.28. The van der Waals surface area contributed by atoms with Crippen molar-refractivity contribution in [3.05, 3.63) is 35.5 Å². The smallest absolute Gasteiger partial charge is 0.244 e. The summed E-state index contributed by atoms with van der Waals surface area (Å²) in [4.78, 5) is 13.5. The van der Waals surface area contributed by atoms with Crippen molar-refractivity contribution in [1.29, 1.82) is 0 Å². The van der Waals surface area contributed by atoms with E-state index in [1.807, 2.05) is 11.8 Å². The number of fused-ring (bicyclic) bond motifs is 3. The van der Waals surface area contributed by atoms with Gasteiger partial charge in [0.05, 0.1) is 10.8 Å². The summed E-state index contributed by atoms with van der Waals surface area (Å²) in [5.74, 6) is 0.331. The van der Waals surface area contributed by atoms with Crippen LogP contribution < -0.4 is 0 Å². The lowest BCUT2D eigenvalue weighted by Crippen LogP contribution is -2.28. The fraction of sp³-hybridized carbons (Fsp3) is 0.591. The third-order valence-corrected chi connectivity index (χ3v) is 7.67. The van der Waals surface area contributed by atoms with Gasteiger partial charge in [-0.3, -0.25) is 9.36 Å². The summed E-state index contributed by atoms with van der Waals surface area (Å²) >= 11 is 1.96. The highest BCUT2D eigenvalue weighted by Crippen LogP contribution is 2.36. The Morgan fingerprint density at radius 1 is 1.12 bits per heavy atom. The summed E-state index contributed by atoms with van der Waals surface area (Å²) < 4.78 is 2.10. The van der Waals surface area contributed by atoms with Gasteiger partial charge in [-0.15, -0.1) is 11.8 Å². The van der Waals surface area contributed by atoms with Crippen LogP contribution in [0.3, 0.4) is 0 Å². The molecular formula is C22H29NOS. The summed E-state index contributed by atoms with van der Waals surface area (Å²) in [5.41, 5.74) is 3.88. The Hall–Kier alpha value is -1.22. The van der Waals surface area contributed by atoms with E-state index in [1.54, 1.807) is 0 Å². The molecule has 1 fully saturated rings. The van der Waals surface area contributed by atoms with Gasteiger partial charge in [-0.1, -0.05) is 44.4 Å². The van der Waals surface area contributed by atoms with Crippen LogP contribution in [0, 0.1) is 0 Å². The molecular weight excluding hydrogens is 326 g/mol. The van der Waals surface area contributed by atoms with Gasteiger partial charge in [-0.2, -0.15) is 0 Å². The number of carbonyl (C=O) groups is 1.